The van der Waals surface area contributed by atoms with Crippen LogP contribution in [0.4, 0.5) is 11.4 Å². The third kappa shape index (κ3) is 2.07. The number of amides is 1. The van der Waals surface area contributed by atoms with Gasteiger partial charge in [-0.25, -0.2) is 0 Å². The molecule has 0 aliphatic carbocycles. The Kier molecular flexibility index (Phi) is 3.02. The third-order valence-corrected chi connectivity index (χ3v) is 3.50. The molecule has 7 heteroatoms. The maximum absolute atomic E-state index is 11.7. The van der Waals surface area contributed by atoms with Crippen LogP contribution < -0.4 is 16.0 Å². The van der Waals surface area contributed by atoms with Crippen LogP contribution in [0, 0.1) is 0 Å². The number of fused-ring (bicyclic) bond motifs is 1. The molecular formula is C13H16N6O. The van der Waals surface area contributed by atoms with E-state index in [1.807, 2.05) is 10.6 Å². The first kappa shape index (κ1) is 12.5. The van der Waals surface area contributed by atoms with E-state index in [0.29, 0.717) is 17.8 Å². The molecule has 104 valence electrons. The Bertz CT molecular complexity index is 650. The summed E-state index contributed by atoms with van der Waals surface area (Å²) in [6.45, 7) is 2.26. The van der Waals surface area contributed by atoms with Crippen molar-refractivity contribution in [3.63, 3.8) is 0 Å². The van der Waals surface area contributed by atoms with E-state index < -0.39 is 0 Å². The molecule has 2 heterocycles. The molecule has 1 amide bonds. The molecule has 0 radical (unpaired) electrons. The summed E-state index contributed by atoms with van der Waals surface area (Å²) < 4.78 is 2.02. The zero-order valence-corrected chi connectivity index (χ0v) is 11.2. The summed E-state index contributed by atoms with van der Waals surface area (Å²) in [7, 11) is 1.61. The lowest BCUT2D eigenvalue weighted by molar-refractivity contribution is 0.0963. The number of aromatic nitrogens is 3. The lowest BCUT2D eigenvalue weighted by Gasteiger charge is -2.30. The smallest absolute Gasteiger partial charge is 0.251 e. The summed E-state index contributed by atoms with van der Waals surface area (Å²) >= 11 is 0. The van der Waals surface area contributed by atoms with Crippen molar-refractivity contribution in [2.45, 2.75) is 13.1 Å². The first-order valence-corrected chi connectivity index (χ1v) is 6.42. The minimum Gasteiger partial charge on any atom is -0.397 e. The number of hydrogen-bond donors (Lipinski definition) is 2. The normalized spacial score (nSPS) is 13.9. The van der Waals surface area contributed by atoms with Gasteiger partial charge in [-0.05, 0) is 18.2 Å². The van der Waals surface area contributed by atoms with Gasteiger partial charge in [-0.1, -0.05) is 0 Å². The van der Waals surface area contributed by atoms with Crippen LogP contribution in [0.2, 0.25) is 0 Å². The molecule has 3 N–H and O–H groups in total. The van der Waals surface area contributed by atoms with E-state index in [0.717, 1.165) is 24.6 Å². The molecule has 0 saturated heterocycles. The number of nitrogens with zero attached hydrogens (tertiary/aromatic N) is 4. The van der Waals surface area contributed by atoms with Crippen molar-refractivity contribution in [1.29, 1.82) is 0 Å². The molecule has 1 aromatic heterocycles. The predicted octanol–water partition coefficient (Wildman–Crippen LogP) is 0.240. The van der Waals surface area contributed by atoms with E-state index in [1.54, 1.807) is 25.5 Å². The largest absolute Gasteiger partial charge is 0.397 e. The fourth-order valence-corrected chi connectivity index (χ4v) is 2.38. The minimum absolute atomic E-state index is 0.119. The Hall–Kier alpha value is -2.57. The Morgan fingerprint density at radius 2 is 2.25 bits per heavy atom. The lowest BCUT2D eigenvalue weighted by atomic mass is 10.1. The van der Waals surface area contributed by atoms with Gasteiger partial charge in [-0.2, -0.15) is 0 Å². The number of nitrogens with one attached hydrogen (secondary N) is 1. The van der Waals surface area contributed by atoms with Crippen LogP contribution in [-0.4, -0.2) is 34.3 Å². The topological polar surface area (TPSA) is 89.1 Å². The number of nitrogen functional groups attached to an aromatic ring is 1. The SMILES string of the molecule is CNC(=O)c1ccc(N)c(N2CCn3cnnc3C2)c1. The second kappa shape index (κ2) is 4.84. The average Bonchev–Trinajstić information content (AvgIpc) is 2.94. The van der Waals surface area contributed by atoms with Gasteiger partial charge in [-0.15, -0.1) is 10.2 Å². The zero-order chi connectivity index (χ0) is 14.1. The van der Waals surface area contributed by atoms with E-state index >= 15 is 0 Å². The van der Waals surface area contributed by atoms with Crippen LogP contribution in [0.5, 0.6) is 0 Å². The van der Waals surface area contributed by atoms with Crippen molar-refractivity contribution in [3.05, 3.63) is 35.9 Å². The fraction of sp³-hybridized carbons (Fsp3) is 0.308. The van der Waals surface area contributed by atoms with Crippen molar-refractivity contribution < 1.29 is 4.79 Å². The first-order chi connectivity index (χ1) is 9.69. The van der Waals surface area contributed by atoms with E-state index in [1.165, 1.54) is 0 Å². The maximum Gasteiger partial charge on any atom is 0.251 e. The summed E-state index contributed by atoms with van der Waals surface area (Å²) in [5.41, 5.74) is 8.16. The summed E-state index contributed by atoms with van der Waals surface area (Å²) in [5.74, 6) is 0.785. The van der Waals surface area contributed by atoms with Crippen molar-refractivity contribution >= 4 is 17.3 Å². The minimum atomic E-state index is -0.119. The number of nitrogens with two attached hydrogens (primary N) is 1. The summed E-state index contributed by atoms with van der Waals surface area (Å²) in [6, 6.07) is 5.31. The van der Waals surface area contributed by atoms with E-state index in [-0.39, 0.29) is 5.91 Å². The second-order valence-corrected chi connectivity index (χ2v) is 4.71. The highest BCUT2D eigenvalue weighted by Gasteiger charge is 2.20. The van der Waals surface area contributed by atoms with Gasteiger partial charge in [0.15, 0.2) is 5.82 Å². The molecule has 20 heavy (non-hydrogen) atoms. The van der Waals surface area contributed by atoms with Gasteiger partial charge in [0.1, 0.15) is 6.33 Å². The molecule has 3 rings (SSSR count). The van der Waals surface area contributed by atoms with Crippen LogP contribution in [0.25, 0.3) is 0 Å². The molecule has 2 aromatic rings. The molecule has 7 nitrogen and oxygen atoms in total. The van der Waals surface area contributed by atoms with Crippen LogP contribution in [0.1, 0.15) is 16.2 Å². The number of anilines is 2. The molecular weight excluding hydrogens is 256 g/mol. The number of carbonyl (C=O) groups excluding carboxylic acids is 1. The molecule has 1 aliphatic heterocycles. The standard InChI is InChI=1S/C13H16N6O/c1-15-13(20)9-2-3-10(14)11(6-9)18-4-5-19-8-16-17-12(19)7-18/h2-3,6,8H,4-5,7,14H2,1H3,(H,15,20). The lowest BCUT2D eigenvalue weighted by Crippen LogP contribution is -2.34. The predicted molar refractivity (Wildman–Crippen MR) is 75.3 cm³/mol. The van der Waals surface area contributed by atoms with Crippen LogP contribution in [0.15, 0.2) is 24.5 Å². The summed E-state index contributed by atoms with van der Waals surface area (Å²) in [6.07, 6.45) is 1.73. The van der Waals surface area contributed by atoms with Gasteiger partial charge in [-0.3, -0.25) is 4.79 Å². The Morgan fingerprint density at radius 3 is 3.05 bits per heavy atom. The van der Waals surface area contributed by atoms with E-state index in [9.17, 15) is 4.79 Å². The average molecular weight is 272 g/mol. The van der Waals surface area contributed by atoms with Gasteiger partial charge < -0.3 is 20.5 Å². The van der Waals surface area contributed by atoms with Crippen molar-refractivity contribution in [3.8, 4) is 0 Å². The van der Waals surface area contributed by atoms with Crippen molar-refractivity contribution in [2.24, 2.45) is 0 Å². The molecule has 0 fully saturated rings. The molecule has 0 atom stereocenters. The van der Waals surface area contributed by atoms with Gasteiger partial charge in [0, 0.05) is 25.7 Å². The molecule has 0 bridgehead atoms. The molecule has 1 aliphatic rings. The highest BCUT2D eigenvalue weighted by atomic mass is 16.1. The highest BCUT2D eigenvalue weighted by Crippen LogP contribution is 2.27. The van der Waals surface area contributed by atoms with E-state index in [2.05, 4.69) is 20.4 Å². The fourth-order valence-electron chi connectivity index (χ4n) is 2.38. The van der Waals surface area contributed by atoms with Crippen molar-refractivity contribution in [2.75, 3.05) is 24.2 Å². The molecule has 1 aromatic carbocycles. The highest BCUT2D eigenvalue weighted by molar-refractivity contribution is 5.96. The monoisotopic (exact) mass is 272 g/mol. The molecule has 0 saturated carbocycles. The van der Waals surface area contributed by atoms with Crippen LogP contribution >= 0.6 is 0 Å². The Labute approximate surface area is 116 Å². The summed E-state index contributed by atoms with van der Waals surface area (Å²) in [5, 5.41) is 10.6. The third-order valence-electron chi connectivity index (χ3n) is 3.50. The Balaban J connectivity index is 1.92. The van der Waals surface area contributed by atoms with Crippen LogP contribution in [0.3, 0.4) is 0 Å². The Morgan fingerprint density at radius 1 is 1.40 bits per heavy atom. The summed E-state index contributed by atoms with van der Waals surface area (Å²) in [4.78, 5) is 13.8. The second-order valence-electron chi connectivity index (χ2n) is 4.71. The number of hydrogen-bond acceptors (Lipinski definition) is 5. The van der Waals surface area contributed by atoms with Gasteiger partial charge in [0.25, 0.3) is 5.91 Å². The van der Waals surface area contributed by atoms with Crippen molar-refractivity contribution in [1.82, 2.24) is 20.1 Å². The van der Waals surface area contributed by atoms with Crippen LogP contribution in [-0.2, 0) is 13.1 Å². The first-order valence-electron chi connectivity index (χ1n) is 6.42. The van der Waals surface area contributed by atoms with Gasteiger partial charge in [0.2, 0.25) is 0 Å². The number of benzene rings is 1. The number of carbonyl (C=O) groups is 1. The van der Waals surface area contributed by atoms with Gasteiger partial charge in [0.05, 0.1) is 17.9 Å². The maximum atomic E-state index is 11.7. The quantitative estimate of drug-likeness (QED) is 0.764. The zero-order valence-electron chi connectivity index (χ0n) is 11.2. The molecule has 0 spiro atoms. The number of rotatable bonds is 2. The van der Waals surface area contributed by atoms with Gasteiger partial charge >= 0.3 is 0 Å². The van der Waals surface area contributed by atoms with E-state index in [4.69, 9.17) is 5.73 Å². The molecule has 0 unspecified atom stereocenters.